The third-order valence-electron chi connectivity index (χ3n) is 1.98. The fourth-order valence-electron chi connectivity index (χ4n) is 1.38. The quantitative estimate of drug-likeness (QED) is 0.653. The number of aliphatic hydroxyl groups is 1. The standard InChI is InChI=1S/C9H21N.C3H9NO/c1-4-7-10(8-5-2)9-6-3;4-2-1-3-5/h4-9H2,1-3H3;5H,1-4H2. The Bertz CT molecular complexity index is 83.4. The summed E-state index contributed by atoms with van der Waals surface area (Å²) in [5.74, 6) is 0. The third kappa shape index (κ3) is 16.5. The molecule has 0 aromatic heterocycles. The van der Waals surface area contributed by atoms with Crippen molar-refractivity contribution in [1.29, 1.82) is 0 Å². The van der Waals surface area contributed by atoms with Gasteiger partial charge in [0, 0.05) is 6.61 Å². The molecular formula is C12H30N2O. The van der Waals surface area contributed by atoms with Crippen molar-refractivity contribution in [3.8, 4) is 0 Å². The van der Waals surface area contributed by atoms with Crippen molar-refractivity contribution in [1.82, 2.24) is 4.90 Å². The molecule has 0 unspecified atom stereocenters. The molecule has 0 rings (SSSR count). The van der Waals surface area contributed by atoms with Crippen molar-refractivity contribution >= 4 is 0 Å². The highest BCUT2D eigenvalue weighted by Gasteiger charge is 1.98. The van der Waals surface area contributed by atoms with E-state index in [2.05, 4.69) is 25.7 Å². The molecule has 0 bridgehead atoms. The van der Waals surface area contributed by atoms with Crippen molar-refractivity contribution in [2.24, 2.45) is 5.73 Å². The lowest BCUT2D eigenvalue weighted by atomic mass is 10.3. The number of rotatable bonds is 8. The number of hydrogen-bond donors (Lipinski definition) is 2. The molecule has 0 aromatic carbocycles. The van der Waals surface area contributed by atoms with Gasteiger partial charge in [0.2, 0.25) is 0 Å². The molecular weight excluding hydrogens is 188 g/mol. The lowest BCUT2D eigenvalue weighted by molar-refractivity contribution is 0.275. The molecule has 0 aliphatic heterocycles. The summed E-state index contributed by atoms with van der Waals surface area (Å²) in [5.41, 5.74) is 4.98. The largest absolute Gasteiger partial charge is 0.396 e. The van der Waals surface area contributed by atoms with E-state index >= 15 is 0 Å². The van der Waals surface area contributed by atoms with Crippen LogP contribution in [0.1, 0.15) is 46.5 Å². The molecule has 3 nitrogen and oxygen atoms in total. The summed E-state index contributed by atoms with van der Waals surface area (Å²) >= 11 is 0. The minimum Gasteiger partial charge on any atom is -0.396 e. The van der Waals surface area contributed by atoms with Crippen LogP contribution in [0.2, 0.25) is 0 Å². The predicted molar refractivity (Wildman–Crippen MR) is 68.1 cm³/mol. The first-order chi connectivity index (χ1) is 7.26. The summed E-state index contributed by atoms with van der Waals surface area (Å²) < 4.78 is 0. The maximum Gasteiger partial charge on any atom is 0.0443 e. The molecule has 3 heteroatoms. The molecule has 3 N–H and O–H groups in total. The van der Waals surface area contributed by atoms with Gasteiger partial charge in [-0.1, -0.05) is 20.8 Å². The first-order valence-corrected chi connectivity index (χ1v) is 6.29. The smallest absolute Gasteiger partial charge is 0.0443 e. The van der Waals surface area contributed by atoms with Crippen molar-refractivity contribution in [2.75, 3.05) is 32.8 Å². The van der Waals surface area contributed by atoms with Gasteiger partial charge in [-0.2, -0.15) is 0 Å². The summed E-state index contributed by atoms with van der Waals surface area (Å²) in [6.07, 6.45) is 4.60. The lowest BCUT2D eigenvalue weighted by Gasteiger charge is -2.19. The number of nitrogens with two attached hydrogens (primary N) is 1. The van der Waals surface area contributed by atoms with Gasteiger partial charge in [-0.05, 0) is 51.9 Å². The Hall–Kier alpha value is -0.120. The maximum atomic E-state index is 7.99. The van der Waals surface area contributed by atoms with E-state index in [9.17, 15) is 0 Å². The molecule has 0 radical (unpaired) electrons. The van der Waals surface area contributed by atoms with Gasteiger partial charge in [-0.15, -0.1) is 0 Å². The first kappa shape index (κ1) is 17.3. The van der Waals surface area contributed by atoms with Crippen molar-refractivity contribution in [2.45, 2.75) is 46.5 Å². The van der Waals surface area contributed by atoms with E-state index in [-0.39, 0.29) is 6.61 Å². The second kappa shape index (κ2) is 16.3. The average molecular weight is 218 g/mol. The van der Waals surface area contributed by atoms with E-state index in [0.29, 0.717) is 6.54 Å². The average Bonchev–Trinajstić information content (AvgIpc) is 2.21. The van der Waals surface area contributed by atoms with Crippen LogP contribution < -0.4 is 5.73 Å². The zero-order chi connectivity index (χ0) is 11.9. The summed E-state index contributed by atoms with van der Waals surface area (Å²) in [7, 11) is 0. The Morgan fingerprint density at radius 1 is 0.933 bits per heavy atom. The Kier molecular flexibility index (Phi) is 18.8. The monoisotopic (exact) mass is 218 g/mol. The van der Waals surface area contributed by atoms with Crippen LogP contribution in [0.3, 0.4) is 0 Å². The fourth-order valence-corrected chi connectivity index (χ4v) is 1.38. The zero-order valence-electron chi connectivity index (χ0n) is 10.8. The Balaban J connectivity index is 0. The molecule has 0 heterocycles. The molecule has 0 saturated heterocycles. The van der Waals surface area contributed by atoms with Crippen LogP contribution in [0.25, 0.3) is 0 Å². The van der Waals surface area contributed by atoms with Gasteiger partial charge in [0.05, 0.1) is 0 Å². The van der Waals surface area contributed by atoms with Gasteiger partial charge < -0.3 is 15.7 Å². The molecule has 0 saturated carbocycles. The minimum absolute atomic E-state index is 0.219. The van der Waals surface area contributed by atoms with Gasteiger partial charge in [0.25, 0.3) is 0 Å². The van der Waals surface area contributed by atoms with Crippen LogP contribution >= 0.6 is 0 Å². The highest BCUT2D eigenvalue weighted by atomic mass is 16.2. The fraction of sp³-hybridized carbons (Fsp3) is 1.00. The molecule has 0 aliphatic rings. The third-order valence-corrected chi connectivity index (χ3v) is 1.98. The Labute approximate surface area is 95.7 Å². The lowest BCUT2D eigenvalue weighted by Crippen LogP contribution is -2.25. The van der Waals surface area contributed by atoms with Crippen molar-refractivity contribution in [3.63, 3.8) is 0 Å². The number of hydrogen-bond acceptors (Lipinski definition) is 3. The normalized spacial score (nSPS) is 10.0. The molecule has 0 aromatic rings. The van der Waals surface area contributed by atoms with Gasteiger partial charge in [0.15, 0.2) is 0 Å². The van der Waals surface area contributed by atoms with Gasteiger partial charge in [-0.25, -0.2) is 0 Å². The second-order valence-corrected chi connectivity index (χ2v) is 3.71. The van der Waals surface area contributed by atoms with Crippen LogP contribution in [0.4, 0.5) is 0 Å². The van der Waals surface area contributed by atoms with Gasteiger partial charge in [-0.3, -0.25) is 0 Å². The van der Waals surface area contributed by atoms with Crippen LogP contribution in [0.5, 0.6) is 0 Å². The first-order valence-electron chi connectivity index (χ1n) is 6.29. The van der Waals surface area contributed by atoms with Crippen LogP contribution in [0.15, 0.2) is 0 Å². The Morgan fingerprint density at radius 3 is 1.47 bits per heavy atom. The molecule has 0 atom stereocenters. The number of nitrogens with zero attached hydrogens (tertiary/aromatic N) is 1. The maximum absolute atomic E-state index is 7.99. The summed E-state index contributed by atoms with van der Waals surface area (Å²) in [4.78, 5) is 2.54. The van der Waals surface area contributed by atoms with Gasteiger partial charge in [0.1, 0.15) is 0 Å². The molecule has 0 aliphatic carbocycles. The predicted octanol–water partition coefficient (Wildman–Crippen LogP) is 1.85. The second-order valence-electron chi connectivity index (χ2n) is 3.71. The highest BCUT2D eigenvalue weighted by Crippen LogP contribution is 1.94. The van der Waals surface area contributed by atoms with Crippen LogP contribution in [-0.2, 0) is 0 Å². The molecule has 0 amide bonds. The van der Waals surface area contributed by atoms with E-state index in [1.807, 2.05) is 0 Å². The number of aliphatic hydroxyl groups excluding tert-OH is 1. The van der Waals surface area contributed by atoms with E-state index in [1.165, 1.54) is 38.9 Å². The molecule has 94 valence electrons. The zero-order valence-corrected chi connectivity index (χ0v) is 10.8. The summed E-state index contributed by atoms with van der Waals surface area (Å²) in [6, 6.07) is 0. The molecule has 0 spiro atoms. The van der Waals surface area contributed by atoms with Crippen molar-refractivity contribution < 1.29 is 5.11 Å². The van der Waals surface area contributed by atoms with E-state index in [0.717, 1.165) is 6.42 Å². The highest BCUT2D eigenvalue weighted by molar-refractivity contribution is 4.53. The molecule has 0 fully saturated rings. The van der Waals surface area contributed by atoms with E-state index < -0.39 is 0 Å². The van der Waals surface area contributed by atoms with Crippen molar-refractivity contribution in [3.05, 3.63) is 0 Å². The van der Waals surface area contributed by atoms with Crippen LogP contribution in [-0.4, -0.2) is 42.8 Å². The Morgan fingerprint density at radius 2 is 1.33 bits per heavy atom. The SMILES string of the molecule is CCCN(CCC)CCC.NCCCO. The summed E-state index contributed by atoms with van der Waals surface area (Å²) in [6.45, 7) is 11.4. The summed E-state index contributed by atoms with van der Waals surface area (Å²) in [5, 5.41) is 7.99. The van der Waals surface area contributed by atoms with E-state index in [1.54, 1.807) is 0 Å². The van der Waals surface area contributed by atoms with Crippen LogP contribution in [0, 0.1) is 0 Å². The van der Waals surface area contributed by atoms with Gasteiger partial charge >= 0.3 is 0 Å². The topological polar surface area (TPSA) is 49.5 Å². The minimum atomic E-state index is 0.219. The van der Waals surface area contributed by atoms with E-state index in [4.69, 9.17) is 10.8 Å². The molecule has 15 heavy (non-hydrogen) atoms.